The third-order valence-corrected chi connectivity index (χ3v) is 3.19. The van der Waals surface area contributed by atoms with Gasteiger partial charge in [-0.1, -0.05) is 0 Å². The number of thioether (sulfide) groups is 1. The van der Waals surface area contributed by atoms with E-state index in [2.05, 4.69) is 5.32 Å². The van der Waals surface area contributed by atoms with Crippen molar-refractivity contribution in [3.05, 3.63) is 0 Å². The molecule has 0 spiro atoms. The summed E-state index contributed by atoms with van der Waals surface area (Å²) in [6, 6.07) is 0.790. The van der Waals surface area contributed by atoms with E-state index in [0.29, 0.717) is 0 Å². The second-order valence-corrected chi connectivity index (χ2v) is 4.16. The monoisotopic (exact) mass is 174 g/mol. The summed E-state index contributed by atoms with van der Waals surface area (Å²) in [7, 11) is 0. The van der Waals surface area contributed by atoms with Gasteiger partial charge < -0.3 is 11.1 Å². The predicted molar refractivity (Wildman–Crippen MR) is 52.0 cm³/mol. The van der Waals surface area contributed by atoms with Gasteiger partial charge in [-0.15, -0.1) is 0 Å². The highest BCUT2D eigenvalue weighted by Gasteiger charge is 2.12. The van der Waals surface area contributed by atoms with Crippen molar-refractivity contribution in [3.63, 3.8) is 0 Å². The quantitative estimate of drug-likeness (QED) is 0.606. The van der Waals surface area contributed by atoms with Gasteiger partial charge in [0.05, 0.1) is 0 Å². The molecule has 1 heterocycles. The van der Waals surface area contributed by atoms with Crippen molar-refractivity contribution in [2.24, 2.45) is 5.73 Å². The first-order valence-electron chi connectivity index (χ1n) is 4.44. The van der Waals surface area contributed by atoms with Crippen LogP contribution in [-0.2, 0) is 0 Å². The highest BCUT2D eigenvalue weighted by molar-refractivity contribution is 7.99. The van der Waals surface area contributed by atoms with Crippen molar-refractivity contribution in [3.8, 4) is 0 Å². The normalized spacial score (nSPS) is 24.3. The van der Waals surface area contributed by atoms with E-state index in [9.17, 15) is 0 Å². The van der Waals surface area contributed by atoms with Gasteiger partial charge in [-0.05, 0) is 38.1 Å². The maximum Gasteiger partial charge on any atom is 0.0158 e. The Hall–Kier alpha value is 0.270. The van der Waals surface area contributed by atoms with Crippen LogP contribution >= 0.6 is 11.8 Å². The summed E-state index contributed by atoms with van der Waals surface area (Å²) in [5.74, 6) is 2.51. The minimum Gasteiger partial charge on any atom is -0.330 e. The van der Waals surface area contributed by atoms with Crippen LogP contribution in [0.3, 0.4) is 0 Å². The summed E-state index contributed by atoms with van der Waals surface area (Å²) in [4.78, 5) is 0. The fraction of sp³-hybridized carbons (Fsp3) is 1.00. The molecule has 0 bridgehead atoms. The number of nitrogens with one attached hydrogen (secondary N) is 1. The molecule has 0 aromatic carbocycles. The van der Waals surface area contributed by atoms with Gasteiger partial charge in [0.2, 0.25) is 0 Å². The highest BCUT2D eigenvalue weighted by Crippen LogP contribution is 2.12. The van der Waals surface area contributed by atoms with Gasteiger partial charge in [0.1, 0.15) is 0 Å². The maximum absolute atomic E-state index is 5.39. The topological polar surface area (TPSA) is 38.0 Å². The lowest BCUT2D eigenvalue weighted by Gasteiger charge is -2.08. The van der Waals surface area contributed by atoms with Crippen molar-refractivity contribution >= 4 is 11.8 Å². The molecule has 1 aliphatic rings. The number of nitrogens with two attached hydrogens (primary N) is 1. The van der Waals surface area contributed by atoms with Gasteiger partial charge in [0, 0.05) is 11.8 Å². The van der Waals surface area contributed by atoms with Gasteiger partial charge in [-0.25, -0.2) is 0 Å². The lowest BCUT2D eigenvalue weighted by atomic mass is 10.3. The van der Waals surface area contributed by atoms with Gasteiger partial charge in [0.25, 0.3) is 0 Å². The van der Waals surface area contributed by atoms with Crippen LogP contribution in [0.2, 0.25) is 0 Å². The van der Waals surface area contributed by atoms with E-state index in [1.54, 1.807) is 0 Å². The van der Waals surface area contributed by atoms with Crippen LogP contribution in [0.5, 0.6) is 0 Å². The van der Waals surface area contributed by atoms with Crippen LogP contribution in [0.25, 0.3) is 0 Å². The zero-order valence-electron chi connectivity index (χ0n) is 7.01. The summed E-state index contributed by atoms with van der Waals surface area (Å²) in [6.07, 6.45) is 3.90. The lowest BCUT2D eigenvalue weighted by Crippen LogP contribution is -2.23. The molecule has 66 valence electrons. The summed E-state index contributed by atoms with van der Waals surface area (Å²) >= 11 is 2.03. The van der Waals surface area contributed by atoms with Crippen LogP contribution < -0.4 is 11.1 Å². The van der Waals surface area contributed by atoms with E-state index in [1.165, 1.54) is 30.9 Å². The molecule has 0 radical (unpaired) electrons. The Morgan fingerprint density at radius 3 is 3.09 bits per heavy atom. The van der Waals surface area contributed by atoms with E-state index in [1.807, 2.05) is 11.8 Å². The Morgan fingerprint density at radius 1 is 1.55 bits per heavy atom. The van der Waals surface area contributed by atoms with Crippen molar-refractivity contribution in [1.82, 2.24) is 5.32 Å². The fourth-order valence-corrected chi connectivity index (χ4v) is 2.42. The Bertz CT molecular complexity index is 92.1. The highest BCUT2D eigenvalue weighted by atomic mass is 32.2. The molecule has 0 aromatic rings. The zero-order valence-corrected chi connectivity index (χ0v) is 7.83. The molecule has 3 heteroatoms. The molecule has 2 nitrogen and oxygen atoms in total. The lowest BCUT2D eigenvalue weighted by molar-refractivity contribution is 0.673. The standard InChI is InChI=1S/C8H18N2S/c9-4-2-6-11-7-8-3-1-5-10-8/h8,10H,1-7,9H2/t8-/m1/s1. The largest absolute Gasteiger partial charge is 0.330 e. The molecule has 1 aliphatic heterocycles. The van der Waals surface area contributed by atoms with Crippen molar-refractivity contribution in [2.75, 3.05) is 24.6 Å². The molecule has 1 fully saturated rings. The SMILES string of the molecule is NCCCSC[C@H]1CCCN1. The number of rotatable bonds is 5. The molecule has 11 heavy (non-hydrogen) atoms. The Labute approximate surface area is 73.3 Å². The summed E-state index contributed by atoms with van der Waals surface area (Å²) in [5.41, 5.74) is 5.39. The van der Waals surface area contributed by atoms with E-state index < -0.39 is 0 Å². The van der Waals surface area contributed by atoms with Crippen LogP contribution in [0.4, 0.5) is 0 Å². The van der Waals surface area contributed by atoms with Crippen LogP contribution in [0.1, 0.15) is 19.3 Å². The van der Waals surface area contributed by atoms with Gasteiger partial charge >= 0.3 is 0 Å². The first-order chi connectivity index (χ1) is 5.43. The Morgan fingerprint density at radius 2 is 2.45 bits per heavy atom. The van der Waals surface area contributed by atoms with E-state index >= 15 is 0 Å². The average molecular weight is 174 g/mol. The van der Waals surface area contributed by atoms with Crippen molar-refractivity contribution < 1.29 is 0 Å². The van der Waals surface area contributed by atoms with E-state index in [4.69, 9.17) is 5.73 Å². The smallest absolute Gasteiger partial charge is 0.0158 e. The number of hydrogen-bond donors (Lipinski definition) is 2. The predicted octanol–water partition coefficient (Wildman–Crippen LogP) is 0.820. The molecule has 3 N–H and O–H groups in total. The van der Waals surface area contributed by atoms with Gasteiger partial charge in [-0.3, -0.25) is 0 Å². The second kappa shape index (κ2) is 5.86. The van der Waals surface area contributed by atoms with Crippen LogP contribution in [0.15, 0.2) is 0 Å². The molecule has 1 rings (SSSR count). The molecule has 0 unspecified atom stereocenters. The Kier molecular flexibility index (Phi) is 4.99. The van der Waals surface area contributed by atoms with Crippen molar-refractivity contribution in [2.45, 2.75) is 25.3 Å². The minimum absolute atomic E-state index is 0.790. The third kappa shape index (κ3) is 3.99. The first kappa shape index (κ1) is 9.36. The van der Waals surface area contributed by atoms with Crippen molar-refractivity contribution in [1.29, 1.82) is 0 Å². The van der Waals surface area contributed by atoms with E-state index in [-0.39, 0.29) is 0 Å². The summed E-state index contributed by atoms with van der Waals surface area (Å²) in [6.45, 7) is 2.06. The third-order valence-electron chi connectivity index (χ3n) is 1.97. The van der Waals surface area contributed by atoms with E-state index in [0.717, 1.165) is 19.0 Å². The molecule has 0 saturated carbocycles. The molecular formula is C8H18N2S. The molecular weight excluding hydrogens is 156 g/mol. The molecule has 0 aromatic heterocycles. The fourth-order valence-electron chi connectivity index (χ4n) is 1.31. The summed E-state index contributed by atoms with van der Waals surface area (Å²) in [5, 5.41) is 3.48. The van der Waals surface area contributed by atoms with Crippen LogP contribution in [0, 0.1) is 0 Å². The molecule has 1 atom stereocenters. The first-order valence-corrected chi connectivity index (χ1v) is 5.60. The zero-order chi connectivity index (χ0) is 7.94. The summed E-state index contributed by atoms with van der Waals surface area (Å²) < 4.78 is 0. The molecule has 0 aliphatic carbocycles. The maximum atomic E-state index is 5.39. The molecule has 1 saturated heterocycles. The van der Waals surface area contributed by atoms with Crippen LogP contribution in [-0.4, -0.2) is 30.6 Å². The Balaban J connectivity index is 1.86. The average Bonchev–Trinajstić information content (AvgIpc) is 2.50. The van der Waals surface area contributed by atoms with Gasteiger partial charge in [-0.2, -0.15) is 11.8 Å². The molecule has 0 amide bonds. The van der Waals surface area contributed by atoms with Gasteiger partial charge in [0.15, 0.2) is 0 Å². The number of hydrogen-bond acceptors (Lipinski definition) is 3. The second-order valence-electron chi connectivity index (χ2n) is 3.01. The minimum atomic E-state index is 0.790.